The van der Waals surface area contributed by atoms with E-state index < -0.39 is 0 Å². The van der Waals surface area contributed by atoms with Gasteiger partial charge in [-0.25, -0.2) is 0 Å². The van der Waals surface area contributed by atoms with E-state index in [0.717, 1.165) is 22.4 Å². The molecule has 0 unspecified atom stereocenters. The molecule has 1 aliphatic rings. The Hall–Kier alpha value is -3.60. The predicted molar refractivity (Wildman–Crippen MR) is 106 cm³/mol. The number of hydrogen-bond acceptors (Lipinski definition) is 4. The van der Waals surface area contributed by atoms with Crippen molar-refractivity contribution in [2.24, 2.45) is 0 Å². The van der Waals surface area contributed by atoms with Gasteiger partial charge in [0.05, 0.1) is 31.9 Å². The van der Waals surface area contributed by atoms with Gasteiger partial charge in [-0.15, -0.1) is 0 Å². The molecule has 0 N–H and O–H groups in total. The van der Waals surface area contributed by atoms with Crippen molar-refractivity contribution < 1.29 is 19.1 Å². The molecule has 0 saturated carbocycles. The number of amides is 2. The molecule has 0 aromatic heterocycles. The second kappa shape index (κ2) is 7.19. The van der Waals surface area contributed by atoms with E-state index >= 15 is 0 Å². The number of imide groups is 1. The van der Waals surface area contributed by atoms with Gasteiger partial charge in [-0.2, -0.15) is 0 Å². The van der Waals surface area contributed by atoms with Gasteiger partial charge in [0.15, 0.2) is 0 Å². The van der Waals surface area contributed by atoms with Gasteiger partial charge in [0.1, 0.15) is 11.5 Å². The van der Waals surface area contributed by atoms with E-state index in [1.54, 1.807) is 38.5 Å². The third-order valence-electron chi connectivity index (χ3n) is 4.87. The minimum Gasteiger partial charge on any atom is -0.497 e. The number of hydrogen-bond donors (Lipinski definition) is 0. The molecule has 0 atom stereocenters. The van der Waals surface area contributed by atoms with Crippen molar-refractivity contribution >= 4 is 11.8 Å². The highest BCUT2D eigenvalue weighted by Gasteiger charge is 2.35. The van der Waals surface area contributed by atoms with Gasteiger partial charge < -0.3 is 9.47 Å². The second-order valence-electron chi connectivity index (χ2n) is 6.51. The van der Waals surface area contributed by atoms with E-state index in [-0.39, 0.29) is 18.4 Å². The van der Waals surface area contributed by atoms with E-state index in [0.29, 0.717) is 16.9 Å². The number of rotatable bonds is 5. The summed E-state index contributed by atoms with van der Waals surface area (Å²) in [7, 11) is 3.23. The molecule has 0 fully saturated rings. The van der Waals surface area contributed by atoms with Crippen molar-refractivity contribution in [2.45, 2.75) is 6.54 Å². The largest absolute Gasteiger partial charge is 0.497 e. The van der Waals surface area contributed by atoms with Crippen LogP contribution in [0.5, 0.6) is 11.5 Å². The van der Waals surface area contributed by atoms with Crippen molar-refractivity contribution in [3.8, 4) is 22.6 Å². The lowest BCUT2D eigenvalue weighted by Gasteiger charge is -2.16. The van der Waals surface area contributed by atoms with Gasteiger partial charge >= 0.3 is 0 Å². The molecule has 1 aliphatic heterocycles. The summed E-state index contributed by atoms with van der Waals surface area (Å²) in [6, 6.07) is 20.3. The van der Waals surface area contributed by atoms with Crippen LogP contribution in [0.4, 0.5) is 0 Å². The maximum Gasteiger partial charge on any atom is 0.261 e. The number of ether oxygens (including phenoxy) is 2. The molecule has 4 rings (SSSR count). The first-order valence-corrected chi connectivity index (χ1v) is 8.89. The molecule has 0 saturated heterocycles. The van der Waals surface area contributed by atoms with Crippen LogP contribution in [0.1, 0.15) is 26.3 Å². The van der Waals surface area contributed by atoms with E-state index in [4.69, 9.17) is 9.47 Å². The Bertz CT molecular complexity index is 1040. The molecular weight excluding hydrogens is 354 g/mol. The van der Waals surface area contributed by atoms with E-state index in [1.165, 1.54) is 4.90 Å². The Morgan fingerprint density at radius 2 is 1.46 bits per heavy atom. The highest BCUT2D eigenvalue weighted by molar-refractivity contribution is 6.21. The topological polar surface area (TPSA) is 55.8 Å². The van der Waals surface area contributed by atoms with Crippen LogP contribution in [0.3, 0.4) is 0 Å². The molecule has 0 spiro atoms. The smallest absolute Gasteiger partial charge is 0.261 e. The zero-order chi connectivity index (χ0) is 19.7. The van der Waals surface area contributed by atoms with Crippen LogP contribution in [0, 0.1) is 0 Å². The number of nitrogens with zero attached hydrogens (tertiary/aromatic N) is 1. The minimum absolute atomic E-state index is 0.196. The molecule has 28 heavy (non-hydrogen) atoms. The fourth-order valence-electron chi connectivity index (χ4n) is 3.43. The first kappa shape index (κ1) is 17.8. The molecule has 2 amide bonds. The Balaban J connectivity index is 1.64. The lowest BCUT2D eigenvalue weighted by molar-refractivity contribution is 0.0642. The van der Waals surface area contributed by atoms with Crippen LogP contribution < -0.4 is 9.47 Å². The first-order valence-electron chi connectivity index (χ1n) is 8.89. The highest BCUT2D eigenvalue weighted by Crippen LogP contribution is 2.33. The van der Waals surface area contributed by atoms with Crippen molar-refractivity contribution in [3.05, 3.63) is 83.4 Å². The van der Waals surface area contributed by atoms with Gasteiger partial charge in [-0.1, -0.05) is 36.4 Å². The Morgan fingerprint density at radius 1 is 0.750 bits per heavy atom. The van der Waals surface area contributed by atoms with Crippen LogP contribution in [-0.2, 0) is 6.54 Å². The summed E-state index contributed by atoms with van der Waals surface area (Å²) < 4.78 is 10.9. The van der Waals surface area contributed by atoms with Gasteiger partial charge in [-0.05, 0) is 41.5 Å². The number of methoxy groups -OCH3 is 2. The van der Waals surface area contributed by atoms with Crippen molar-refractivity contribution in [1.82, 2.24) is 4.90 Å². The summed E-state index contributed by atoms with van der Waals surface area (Å²) >= 11 is 0. The maximum atomic E-state index is 12.6. The molecule has 0 radical (unpaired) electrons. The van der Waals surface area contributed by atoms with Gasteiger partial charge in [-0.3, -0.25) is 14.5 Å². The number of fused-ring (bicyclic) bond motifs is 1. The Morgan fingerprint density at radius 3 is 2.11 bits per heavy atom. The van der Waals surface area contributed by atoms with Crippen molar-refractivity contribution in [1.29, 1.82) is 0 Å². The molecular formula is C23H19NO4. The third-order valence-corrected chi connectivity index (χ3v) is 4.87. The summed E-state index contributed by atoms with van der Waals surface area (Å²) in [5.74, 6) is 0.893. The fourth-order valence-corrected chi connectivity index (χ4v) is 3.43. The van der Waals surface area contributed by atoms with Gasteiger partial charge in [0.2, 0.25) is 0 Å². The second-order valence-corrected chi connectivity index (χ2v) is 6.51. The average Bonchev–Trinajstić information content (AvgIpc) is 2.98. The SMILES string of the molecule is COc1cccc(-c2ccc(CN3C(=O)c4ccccc4C3=O)cc2OC)c1. The van der Waals surface area contributed by atoms with E-state index in [2.05, 4.69) is 0 Å². The lowest BCUT2D eigenvalue weighted by Crippen LogP contribution is -2.29. The number of carbonyl (C=O) groups excluding carboxylic acids is 2. The summed E-state index contributed by atoms with van der Waals surface area (Å²) in [5.41, 5.74) is 3.59. The maximum absolute atomic E-state index is 12.6. The first-order chi connectivity index (χ1) is 13.6. The van der Waals surface area contributed by atoms with Crippen LogP contribution in [0.2, 0.25) is 0 Å². The molecule has 0 aliphatic carbocycles. The molecule has 3 aromatic rings. The van der Waals surface area contributed by atoms with Gasteiger partial charge in [0, 0.05) is 5.56 Å². The normalized spacial score (nSPS) is 12.9. The van der Waals surface area contributed by atoms with Gasteiger partial charge in [0.25, 0.3) is 11.8 Å². The van der Waals surface area contributed by atoms with Crippen LogP contribution in [-0.4, -0.2) is 30.9 Å². The average molecular weight is 373 g/mol. The number of carbonyl (C=O) groups is 2. The van der Waals surface area contributed by atoms with Crippen LogP contribution in [0.25, 0.3) is 11.1 Å². The lowest BCUT2D eigenvalue weighted by atomic mass is 10.0. The summed E-state index contributed by atoms with van der Waals surface area (Å²) in [6.07, 6.45) is 0. The van der Waals surface area contributed by atoms with Crippen molar-refractivity contribution in [2.75, 3.05) is 14.2 Å². The standard InChI is InChI=1S/C23H19NO4/c1-27-17-7-5-6-16(13-17)18-11-10-15(12-21(18)28-2)14-24-22(25)19-8-3-4-9-20(19)23(24)26/h3-13H,14H2,1-2H3. The van der Waals surface area contributed by atoms with Crippen LogP contribution in [0.15, 0.2) is 66.7 Å². The Labute approximate surface area is 163 Å². The molecule has 5 nitrogen and oxygen atoms in total. The van der Waals surface area contributed by atoms with E-state index in [9.17, 15) is 9.59 Å². The molecule has 140 valence electrons. The zero-order valence-corrected chi connectivity index (χ0v) is 15.6. The zero-order valence-electron chi connectivity index (χ0n) is 15.6. The fraction of sp³-hybridized carbons (Fsp3) is 0.130. The van der Waals surface area contributed by atoms with Crippen LogP contribution >= 0.6 is 0 Å². The third kappa shape index (κ3) is 3.01. The molecule has 0 bridgehead atoms. The molecule has 5 heteroatoms. The Kier molecular flexibility index (Phi) is 4.57. The quantitative estimate of drug-likeness (QED) is 0.630. The molecule has 1 heterocycles. The van der Waals surface area contributed by atoms with E-state index in [1.807, 2.05) is 42.5 Å². The highest BCUT2D eigenvalue weighted by atomic mass is 16.5. The summed E-state index contributed by atoms with van der Waals surface area (Å²) in [5, 5.41) is 0. The summed E-state index contributed by atoms with van der Waals surface area (Å²) in [6.45, 7) is 0.196. The predicted octanol–water partition coefficient (Wildman–Crippen LogP) is 4.17. The molecule has 3 aromatic carbocycles. The number of benzene rings is 3. The monoisotopic (exact) mass is 373 g/mol. The van der Waals surface area contributed by atoms with Crippen molar-refractivity contribution in [3.63, 3.8) is 0 Å². The summed E-state index contributed by atoms with van der Waals surface area (Å²) in [4.78, 5) is 26.4. The minimum atomic E-state index is -0.267.